The Labute approximate surface area is 131 Å². The van der Waals surface area contributed by atoms with E-state index in [1.165, 1.54) is 19.3 Å². The number of hydrogen-bond acceptors (Lipinski definition) is 3. The molecule has 5 heteroatoms. The van der Waals surface area contributed by atoms with Crippen molar-refractivity contribution in [2.45, 2.75) is 51.7 Å². The van der Waals surface area contributed by atoms with E-state index in [1.54, 1.807) is 0 Å². The number of aromatic nitrogens is 2. The molecule has 2 atom stereocenters. The van der Waals surface area contributed by atoms with Gasteiger partial charge >= 0.3 is 0 Å². The third-order valence-electron chi connectivity index (χ3n) is 4.58. The molecule has 2 aromatic rings. The van der Waals surface area contributed by atoms with Crippen molar-refractivity contribution in [1.29, 1.82) is 0 Å². The van der Waals surface area contributed by atoms with Crippen LogP contribution in [0.1, 0.15) is 38.8 Å². The Kier molecular flexibility index (Phi) is 4.43. The topological polar surface area (TPSA) is 49.6 Å². The van der Waals surface area contributed by atoms with E-state index in [1.807, 2.05) is 35.0 Å². The normalized spacial score (nSPS) is 22.8. The number of nitrogens with one attached hydrogen (secondary N) is 1. The molecule has 0 radical (unpaired) electrons. The number of rotatable bonds is 4. The minimum absolute atomic E-state index is 0.0812. The van der Waals surface area contributed by atoms with Crippen LogP contribution in [0.4, 0.5) is 0 Å². The van der Waals surface area contributed by atoms with E-state index in [9.17, 15) is 4.79 Å². The third kappa shape index (κ3) is 3.30. The average Bonchev–Trinajstić information content (AvgIpc) is 2.92. The Balaban J connectivity index is 1.55. The molecule has 22 heavy (non-hydrogen) atoms. The molecule has 5 nitrogen and oxygen atoms in total. The molecule has 118 valence electrons. The van der Waals surface area contributed by atoms with Crippen LogP contribution in [0, 0.1) is 0 Å². The highest BCUT2D eigenvalue weighted by Gasteiger charge is 2.26. The van der Waals surface area contributed by atoms with Crippen molar-refractivity contribution in [3.63, 3.8) is 0 Å². The number of amides is 1. The number of piperidine rings is 1. The van der Waals surface area contributed by atoms with Gasteiger partial charge in [-0.25, -0.2) is 4.98 Å². The van der Waals surface area contributed by atoms with Crippen LogP contribution in [0.15, 0.2) is 30.6 Å². The zero-order valence-electron chi connectivity index (χ0n) is 13.3. The summed E-state index contributed by atoms with van der Waals surface area (Å²) in [5.74, 6) is 0.0812. The van der Waals surface area contributed by atoms with Gasteiger partial charge in [0, 0.05) is 24.5 Å². The van der Waals surface area contributed by atoms with Crippen LogP contribution in [0.3, 0.4) is 0 Å². The molecule has 0 aromatic carbocycles. The number of hydrogen-bond donors (Lipinski definition) is 1. The van der Waals surface area contributed by atoms with Crippen molar-refractivity contribution in [3.05, 3.63) is 36.3 Å². The zero-order chi connectivity index (χ0) is 15.5. The SMILES string of the molecule is C[C@@H]1CCC[C@H](C)N1CC(=O)NCc1cn2ccccc2n1. The molecule has 0 aliphatic carbocycles. The van der Waals surface area contributed by atoms with Gasteiger partial charge in [0.05, 0.1) is 18.8 Å². The molecule has 0 spiro atoms. The fraction of sp³-hybridized carbons (Fsp3) is 0.529. The number of carbonyl (C=O) groups excluding carboxylic acids is 1. The molecule has 0 saturated carbocycles. The van der Waals surface area contributed by atoms with Crippen molar-refractivity contribution in [2.24, 2.45) is 0 Å². The van der Waals surface area contributed by atoms with Crippen molar-refractivity contribution in [3.8, 4) is 0 Å². The molecule has 0 unspecified atom stereocenters. The Bertz CT molecular complexity index is 608. The smallest absolute Gasteiger partial charge is 0.234 e. The third-order valence-corrected chi connectivity index (χ3v) is 4.58. The first kappa shape index (κ1) is 15.0. The van der Waals surface area contributed by atoms with E-state index < -0.39 is 0 Å². The van der Waals surface area contributed by atoms with Crippen LogP contribution in [0.25, 0.3) is 5.65 Å². The van der Waals surface area contributed by atoms with Crippen LogP contribution in [-0.2, 0) is 11.3 Å². The number of likely N-dealkylation sites (tertiary alicyclic amines) is 1. The minimum Gasteiger partial charge on any atom is -0.349 e. The van der Waals surface area contributed by atoms with Gasteiger partial charge in [-0.15, -0.1) is 0 Å². The molecule has 1 fully saturated rings. The van der Waals surface area contributed by atoms with Crippen molar-refractivity contribution in [1.82, 2.24) is 19.6 Å². The highest BCUT2D eigenvalue weighted by Crippen LogP contribution is 2.21. The summed E-state index contributed by atoms with van der Waals surface area (Å²) in [7, 11) is 0. The van der Waals surface area contributed by atoms with Crippen LogP contribution < -0.4 is 5.32 Å². The first-order valence-corrected chi connectivity index (χ1v) is 8.08. The predicted octanol–water partition coefficient (Wildman–Crippen LogP) is 2.21. The van der Waals surface area contributed by atoms with Gasteiger partial charge in [-0.05, 0) is 38.8 Å². The molecule has 1 aliphatic heterocycles. The molecule has 1 amide bonds. The van der Waals surface area contributed by atoms with E-state index in [0.717, 1.165) is 11.3 Å². The molecule has 3 heterocycles. The van der Waals surface area contributed by atoms with Crippen LogP contribution in [-0.4, -0.2) is 38.8 Å². The maximum absolute atomic E-state index is 12.2. The lowest BCUT2D eigenvalue weighted by Crippen LogP contribution is -2.48. The van der Waals surface area contributed by atoms with E-state index in [4.69, 9.17) is 0 Å². The monoisotopic (exact) mass is 300 g/mol. The average molecular weight is 300 g/mol. The number of pyridine rings is 1. The van der Waals surface area contributed by atoms with Gasteiger partial charge in [-0.2, -0.15) is 0 Å². The van der Waals surface area contributed by atoms with Gasteiger partial charge < -0.3 is 9.72 Å². The predicted molar refractivity (Wildman–Crippen MR) is 86.5 cm³/mol. The van der Waals surface area contributed by atoms with Gasteiger partial charge in [-0.3, -0.25) is 9.69 Å². The summed E-state index contributed by atoms with van der Waals surface area (Å²) in [5.41, 5.74) is 1.80. The number of carbonyl (C=O) groups is 1. The fourth-order valence-corrected chi connectivity index (χ4v) is 3.27. The van der Waals surface area contributed by atoms with E-state index in [-0.39, 0.29) is 5.91 Å². The van der Waals surface area contributed by atoms with Crippen LogP contribution >= 0.6 is 0 Å². The van der Waals surface area contributed by atoms with Gasteiger partial charge in [0.2, 0.25) is 5.91 Å². The van der Waals surface area contributed by atoms with Crippen molar-refractivity contribution >= 4 is 11.6 Å². The fourth-order valence-electron chi connectivity index (χ4n) is 3.27. The lowest BCUT2D eigenvalue weighted by molar-refractivity contribution is -0.124. The highest BCUT2D eigenvalue weighted by molar-refractivity contribution is 5.78. The molecular formula is C17H24N4O. The second-order valence-corrected chi connectivity index (χ2v) is 6.28. The van der Waals surface area contributed by atoms with Gasteiger partial charge in [0.15, 0.2) is 0 Å². The van der Waals surface area contributed by atoms with Crippen molar-refractivity contribution in [2.75, 3.05) is 6.54 Å². The van der Waals surface area contributed by atoms with E-state index >= 15 is 0 Å². The Morgan fingerprint density at radius 3 is 2.82 bits per heavy atom. The summed E-state index contributed by atoms with van der Waals surface area (Å²) in [6, 6.07) is 6.87. The quantitative estimate of drug-likeness (QED) is 0.942. The Hall–Kier alpha value is -1.88. The van der Waals surface area contributed by atoms with Crippen LogP contribution in [0.2, 0.25) is 0 Å². The summed E-state index contributed by atoms with van der Waals surface area (Å²) in [6.45, 7) is 5.39. The number of nitrogens with zero attached hydrogens (tertiary/aromatic N) is 3. The van der Waals surface area contributed by atoms with E-state index in [0.29, 0.717) is 25.2 Å². The molecular weight excluding hydrogens is 276 g/mol. The standard InChI is InChI=1S/C17H24N4O/c1-13-6-5-7-14(2)21(13)12-17(22)18-10-15-11-20-9-4-3-8-16(20)19-15/h3-4,8-9,11,13-14H,5-7,10,12H2,1-2H3,(H,18,22)/t13-,14+. The molecule has 1 saturated heterocycles. The van der Waals surface area contributed by atoms with Crippen LogP contribution in [0.5, 0.6) is 0 Å². The summed E-state index contributed by atoms with van der Waals surface area (Å²) in [6.07, 6.45) is 7.56. The molecule has 1 N–H and O–H groups in total. The van der Waals surface area contributed by atoms with Crippen molar-refractivity contribution < 1.29 is 4.79 Å². The second kappa shape index (κ2) is 6.48. The summed E-state index contributed by atoms with van der Waals surface area (Å²) >= 11 is 0. The maximum atomic E-state index is 12.2. The largest absolute Gasteiger partial charge is 0.349 e. The first-order valence-electron chi connectivity index (χ1n) is 8.08. The highest BCUT2D eigenvalue weighted by atomic mass is 16.2. The zero-order valence-corrected chi connectivity index (χ0v) is 13.3. The number of imidazole rings is 1. The summed E-state index contributed by atoms with van der Waals surface area (Å²) in [4.78, 5) is 19.0. The van der Waals surface area contributed by atoms with Gasteiger partial charge in [0.1, 0.15) is 5.65 Å². The second-order valence-electron chi connectivity index (χ2n) is 6.28. The maximum Gasteiger partial charge on any atom is 0.234 e. The Morgan fingerprint density at radius 2 is 2.09 bits per heavy atom. The Morgan fingerprint density at radius 1 is 1.32 bits per heavy atom. The number of fused-ring (bicyclic) bond motifs is 1. The van der Waals surface area contributed by atoms with Gasteiger partial charge in [0.25, 0.3) is 0 Å². The summed E-state index contributed by atoms with van der Waals surface area (Å²) in [5, 5.41) is 2.99. The molecule has 3 rings (SSSR count). The van der Waals surface area contributed by atoms with Gasteiger partial charge in [-0.1, -0.05) is 12.5 Å². The molecule has 2 aromatic heterocycles. The lowest BCUT2D eigenvalue weighted by Gasteiger charge is -2.38. The molecule has 1 aliphatic rings. The summed E-state index contributed by atoms with van der Waals surface area (Å²) < 4.78 is 1.97. The molecule has 0 bridgehead atoms. The van der Waals surface area contributed by atoms with E-state index in [2.05, 4.69) is 29.0 Å². The lowest BCUT2D eigenvalue weighted by atomic mass is 9.97. The minimum atomic E-state index is 0.0812. The first-order chi connectivity index (χ1) is 10.6.